The zero-order chi connectivity index (χ0) is 20.4. The van der Waals surface area contributed by atoms with Gasteiger partial charge in [-0.3, -0.25) is 4.52 Å². The van der Waals surface area contributed by atoms with Gasteiger partial charge >= 0.3 is 14.0 Å². The molecule has 5 nitrogen and oxygen atoms in total. The van der Waals surface area contributed by atoms with Gasteiger partial charge in [0, 0.05) is 19.6 Å². The van der Waals surface area contributed by atoms with Crippen LogP contribution in [0.3, 0.4) is 0 Å². The second kappa shape index (κ2) is 16.8. The molecule has 0 atom stereocenters. The van der Waals surface area contributed by atoms with Gasteiger partial charge in [-0.05, 0) is 19.3 Å². The van der Waals surface area contributed by atoms with E-state index in [-0.39, 0.29) is 13.0 Å². The van der Waals surface area contributed by atoms with Gasteiger partial charge in [0.25, 0.3) is 0 Å². The summed E-state index contributed by atoms with van der Waals surface area (Å²) in [4.78, 5) is 17.0. The summed E-state index contributed by atoms with van der Waals surface area (Å²) < 4.78 is 56.0. The Bertz CT molecular complexity index is 374. The number of phosphoric ester groups is 1. The predicted molar refractivity (Wildman–Crippen MR) is 99.5 cm³/mol. The van der Waals surface area contributed by atoms with E-state index in [0.717, 1.165) is 32.1 Å². The van der Waals surface area contributed by atoms with Crippen molar-refractivity contribution in [2.75, 3.05) is 19.8 Å². The smallest absolute Gasteiger partial charge is 0.381 e. The number of phosphoric acid groups is 1. The molecule has 0 amide bonds. The van der Waals surface area contributed by atoms with Crippen LogP contribution in [-0.2, 0) is 13.8 Å². The lowest BCUT2D eigenvalue weighted by molar-refractivity contribution is -0.135. The fourth-order valence-electron chi connectivity index (χ4n) is 2.74. The first-order valence-corrected chi connectivity index (χ1v) is 11.6. The Morgan fingerprint density at radius 2 is 1.04 bits per heavy atom. The molecule has 164 valence electrons. The molecular formula is C18H36F3O5P. The fourth-order valence-corrected chi connectivity index (χ4v) is 3.11. The Morgan fingerprint density at radius 1 is 0.630 bits per heavy atom. The lowest BCUT2D eigenvalue weighted by Gasteiger charge is -2.06. The van der Waals surface area contributed by atoms with Crippen LogP contribution in [0.15, 0.2) is 0 Å². The number of alkyl halides is 3. The van der Waals surface area contributed by atoms with Gasteiger partial charge in [-0.2, -0.15) is 13.2 Å². The molecule has 0 bridgehead atoms. The molecule has 9 heteroatoms. The standard InChI is InChI=1S/C18H36F3O5P/c19-18(20,21)14-11-9-7-5-3-1-2-4-6-8-10-12-15-25-16-13-17-26-27(22,23)24/h1-17H2,(H2,22,23,24). The Labute approximate surface area is 161 Å². The second-order valence-corrected chi connectivity index (χ2v) is 8.14. The molecule has 0 saturated heterocycles. The summed E-state index contributed by atoms with van der Waals surface area (Å²) in [5, 5.41) is 0. The van der Waals surface area contributed by atoms with Gasteiger partial charge in [-0.25, -0.2) is 4.57 Å². The number of ether oxygens (including phenoxy) is 1. The van der Waals surface area contributed by atoms with Crippen LogP contribution in [0, 0.1) is 0 Å². The molecule has 0 aromatic heterocycles. The number of unbranched alkanes of at least 4 members (excludes halogenated alkanes) is 11. The summed E-state index contributed by atoms with van der Waals surface area (Å²) in [6.45, 7) is 1.10. The van der Waals surface area contributed by atoms with Crippen LogP contribution in [-0.4, -0.2) is 35.8 Å². The first kappa shape index (κ1) is 26.9. The van der Waals surface area contributed by atoms with E-state index in [9.17, 15) is 17.7 Å². The summed E-state index contributed by atoms with van der Waals surface area (Å²) in [5.41, 5.74) is 0. The normalized spacial score (nSPS) is 12.6. The summed E-state index contributed by atoms with van der Waals surface area (Å²) >= 11 is 0. The third-order valence-electron chi connectivity index (χ3n) is 4.19. The van der Waals surface area contributed by atoms with Crippen LogP contribution in [0.25, 0.3) is 0 Å². The van der Waals surface area contributed by atoms with E-state index in [4.69, 9.17) is 14.5 Å². The van der Waals surface area contributed by atoms with E-state index < -0.39 is 20.4 Å². The molecule has 0 spiro atoms. The topological polar surface area (TPSA) is 76.0 Å². The van der Waals surface area contributed by atoms with Crippen LogP contribution in [0.4, 0.5) is 13.2 Å². The van der Waals surface area contributed by atoms with Crippen molar-refractivity contribution in [1.29, 1.82) is 0 Å². The van der Waals surface area contributed by atoms with Crippen LogP contribution < -0.4 is 0 Å². The molecule has 0 aliphatic carbocycles. The van der Waals surface area contributed by atoms with Crippen LogP contribution >= 0.6 is 7.82 Å². The third kappa shape index (κ3) is 25.9. The molecular weight excluding hydrogens is 384 g/mol. The summed E-state index contributed by atoms with van der Waals surface area (Å²) in [5.74, 6) is 0. The van der Waals surface area contributed by atoms with Crippen molar-refractivity contribution in [3.63, 3.8) is 0 Å². The molecule has 0 fully saturated rings. The van der Waals surface area contributed by atoms with E-state index in [1.165, 1.54) is 32.1 Å². The quantitative estimate of drug-likeness (QED) is 0.194. The zero-order valence-electron chi connectivity index (χ0n) is 16.2. The van der Waals surface area contributed by atoms with Crippen LogP contribution in [0.5, 0.6) is 0 Å². The monoisotopic (exact) mass is 420 g/mol. The molecule has 0 aromatic carbocycles. The van der Waals surface area contributed by atoms with E-state index in [0.29, 0.717) is 26.1 Å². The van der Waals surface area contributed by atoms with Gasteiger partial charge in [0.2, 0.25) is 0 Å². The van der Waals surface area contributed by atoms with Gasteiger partial charge in [-0.1, -0.05) is 64.2 Å². The van der Waals surface area contributed by atoms with Gasteiger partial charge in [0.05, 0.1) is 6.61 Å². The number of hydrogen-bond acceptors (Lipinski definition) is 3. The number of halogens is 3. The molecule has 0 unspecified atom stereocenters. The first-order valence-electron chi connectivity index (χ1n) is 10.1. The molecule has 0 aromatic rings. The van der Waals surface area contributed by atoms with Crippen molar-refractivity contribution >= 4 is 7.82 Å². The highest BCUT2D eigenvalue weighted by atomic mass is 31.2. The Kier molecular flexibility index (Phi) is 16.7. The van der Waals surface area contributed by atoms with Crippen molar-refractivity contribution in [3.8, 4) is 0 Å². The van der Waals surface area contributed by atoms with Gasteiger partial charge in [-0.15, -0.1) is 0 Å². The highest BCUT2D eigenvalue weighted by molar-refractivity contribution is 7.46. The van der Waals surface area contributed by atoms with E-state index in [1.54, 1.807) is 0 Å². The minimum absolute atomic E-state index is 0.00215. The van der Waals surface area contributed by atoms with Crippen LogP contribution in [0.1, 0.15) is 89.9 Å². The average molecular weight is 420 g/mol. The van der Waals surface area contributed by atoms with Crippen LogP contribution in [0.2, 0.25) is 0 Å². The summed E-state index contributed by atoms with van der Waals surface area (Å²) in [6, 6.07) is 0. The maximum absolute atomic E-state index is 12.0. The van der Waals surface area contributed by atoms with Crippen molar-refractivity contribution in [2.24, 2.45) is 0 Å². The van der Waals surface area contributed by atoms with E-state index in [2.05, 4.69) is 4.52 Å². The Morgan fingerprint density at radius 3 is 1.48 bits per heavy atom. The van der Waals surface area contributed by atoms with Crippen molar-refractivity contribution in [3.05, 3.63) is 0 Å². The largest absolute Gasteiger partial charge is 0.469 e. The predicted octanol–water partition coefficient (Wildman–Crippen LogP) is 6.14. The zero-order valence-corrected chi connectivity index (χ0v) is 17.1. The molecule has 0 aliphatic rings. The Hall–Kier alpha value is -0.140. The van der Waals surface area contributed by atoms with Crippen molar-refractivity contribution in [2.45, 2.75) is 96.1 Å². The lowest BCUT2D eigenvalue weighted by atomic mass is 10.0. The second-order valence-electron chi connectivity index (χ2n) is 6.90. The van der Waals surface area contributed by atoms with Gasteiger partial charge in [0.1, 0.15) is 0 Å². The van der Waals surface area contributed by atoms with Crippen molar-refractivity contribution < 1.29 is 36.8 Å². The van der Waals surface area contributed by atoms with Gasteiger partial charge < -0.3 is 14.5 Å². The van der Waals surface area contributed by atoms with E-state index in [1.807, 2.05) is 0 Å². The minimum atomic E-state index is -4.36. The fraction of sp³-hybridized carbons (Fsp3) is 1.00. The number of hydrogen-bond donors (Lipinski definition) is 2. The third-order valence-corrected chi connectivity index (χ3v) is 4.71. The SMILES string of the molecule is O=P(O)(O)OCCCOCCCCCCCCCCCCCCC(F)(F)F. The highest BCUT2D eigenvalue weighted by Gasteiger charge is 2.25. The van der Waals surface area contributed by atoms with Crippen molar-refractivity contribution in [1.82, 2.24) is 0 Å². The molecule has 27 heavy (non-hydrogen) atoms. The maximum atomic E-state index is 12.0. The minimum Gasteiger partial charge on any atom is -0.381 e. The average Bonchev–Trinajstić information content (AvgIpc) is 2.55. The highest BCUT2D eigenvalue weighted by Crippen LogP contribution is 2.35. The first-order chi connectivity index (χ1) is 12.7. The molecule has 2 N–H and O–H groups in total. The maximum Gasteiger partial charge on any atom is 0.469 e. The molecule has 0 aliphatic heterocycles. The summed E-state index contributed by atoms with van der Waals surface area (Å²) in [7, 11) is -4.36. The lowest BCUT2D eigenvalue weighted by Crippen LogP contribution is -2.06. The Balaban J connectivity index is 3.08. The number of rotatable bonds is 19. The van der Waals surface area contributed by atoms with Gasteiger partial charge in [0.15, 0.2) is 0 Å². The van der Waals surface area contributed by atoms with E-state index >= 15 is 0 Å². The molecule has 0 saturated carbocycles. The molecule has 0 radical (unpaired) electrons. The summed E-state index contributed by atoms with van der Waals surface area (Å²) in [6.07, 6.45) is 7.82. The molecule has 0 rings (SSSR count). The molecule has 0 heterocycles.